The van der Waals surface area contributed by atoms with E-state index in [-0.39, 0.29) is 56.0 Å². The molecule has 0 aliphatic carbocycles. The summed E-state index contributed by atoms with van der Waals surface area (Å²) in [6, 6.07) is 0. The van der Waals surface area contributed by atoms with Gasteiger partial charge >= 0.3 is 12.3 Å². The maximum absolute atomic E-state index is 14.2. The molecule has 2 N–H and O–H groups in total. The number of nitrogens with zero attached hydrogens (tertiary/aromatic N) is 5. The van der Waals surface area contributed by atoms with Crippen molar-refractivity contribution in [2.24, 2.45) is 0 Å². The number of carbonyl (C=O) groups is 2. The first-order chi connectivity index (χ1) is 17.4. The van der Waals surface area contributed by atoms with Crippen molar-refractivity contribution >= 4 is 12.0 Å². The van der Waals surface area contributed by atoms with Crippen molar-refractivity contribution in [2.45, 2.75) is 89.7 Å². The van der Waals surface area contributed by atoms with E-state index in [0.29, 0.717) is 0 Å². The Hall–Kier alpha value is -2.61. The summed E-state index contributed by atoms with van der Waals surface area (Å²) in [6.45, 7) is 4.49. The Bertz CT molecular complexity index is 1060. The highest BCUT2D eigenvalue weighted by Gasteiger charge is 2.47. The monoisotopic (exact) mass is 551 g/mol. The third-order valence-corrected chi connectivity index (χ3v) is 6.98. The van der Waals surface area contributed by atoms with E-state index in [1.54, 1.807) is 27.7 Å². The van der Waals surface area contributed by atoms with Gasteiger partial charge in [0.25, 0.3) is 5.92 Å². The number of amides is 2. The molecule has 9 nitrogen and oxygen atoms in total. The van der Waals surface area contributed by atoms with Crippen LogP contribution in [0.5, 0.6) is 0 Å². The van der Waals surface area contributed by atoms with E-state index < -0.39 is 67.0 Å². The smallest absolute Gasteiger partial charge is 0.433 e. The zero-order chi connectivity index (χ0) is 28.7. The molecule has 2 aliphatic rings. The molecule has 1 aromatic rings. The zero-order valence-corrected chi connectivity index (χ0v) is 21.9. The lowest BCUT2D eigenvalue weighted by molar-refractivity contribution is -0.173. The highest BCUT2D eigenvalue weighted by Crippen LogP contribution is 2.36. The van der Waals surface area contributed by atoms with Crippen molar-refractivity contribution in [1.82, 2.24) is 24.7 Å². The number of aliphatic hydroxyl groups is 1. The molecule has 0 radical (unpaired) electrons. The lowest BCUT2D eigenvalue weighted by atomic mass is 9.95. The Morgan fingerprint density at radius 3 is 2.37 bits per heavy atom. The van der Waals surface area contributed by atoms with Gasteiger partial charge in [-0.05, 0) is 27.2 Å². The number of aryl methyl sites for hydroxylation is 1. The van der Waals surface area contributed by atoms with Crippen molar-refractivity contribution in [3.63, 3.8) is 0 Å². The number of carbonyl (C=O) groups excluding carboxylic acids is 1. The molecule has 2 aliphatic heterocycles. The van der Waals surface area contributed by atoms with Crippen molar-refractivity contribution in [1.29, 1.82) is 0 Å². The predicted octanol–water partition coefficient (Wildman–Crippen LogP) is 3.53. The summed E-state index contributed by atoms with van der Waals surface area (Å²) in [5.74, 6) is -3.78. The number of alkyl halides is 5. The fourth-order valence-corrected chi connectivity index (χ4v) is 4.92. The maximum Gasteiger partial charge on any atom is 0.433 e. The van der Waals surface area contributed by atoms with Crippen LogP contribution >= 0.6 is 0 Å². The average molecular weight is 552 g/mol. The SMILES string of the molecule is CCc1nc2c(c(C(F)(F)F)n1)CCN(C(O)(CCN(C(=O)O)C(C)(C)C)CN1CC(F)(F)CCC1=O)C2. The largest absolute Gasteiger partial charge is 0.465 e. The van der Waals surface area contributed by atoms with Crippen LogP contribution in [0.15, 0.2) is 0 Å². The number of piperidine rings is 1. The van der Waals surface area contributed by atoms with E-state index in [9.17, 15) is 41.8 Å². The lowest BCUT2D eigenvalue weighted by Gasteiger charge is -2.47. The molecule has 38 heavy (non-hydrogen) atoms. The highest BCUT2D eigenvalue weighted by molar-refractivity contribution is 5.77. The average Bonchev–Trinajstić information content (AvgIpc) is 2.78. The summed E-state index contributed by atoms with van der Waals surface area (Å²) < 4.78 is 69.5. The van der Waals surface area contributed by atoms with Gasteiger partial charge in [0.2, 0.25) is 5.91 Å². The third kappa shape index (κ3) is 6.68. The maximum atomic E-state index is 14.2. The molecule has 0 spiro atoms. The molecule has 3 heterocycles. The van der Waals surface area contributed by atoms with Crippen molar-refractivity contribution in [3.8, 4) is 0 Å². The molecule has 0 saturated carbocycles. The van der Waals surface area contributed by atoms with Gasteiger partial charge in [0.05, 0.1) is 18.8 Å². The van der Waals surface area contributed by atoms with Crippen LogP contribution in [0.1, 0.15) is 69.7 Å². The molecule has 2 amide bonds. The van der Waals surface area contributed by atoms with E-state index in [1.807, 2.05) is 0 Å². The van der Waals surface area contributed by atoms with Gasteiger partial charge in [0.15, 0.2) is 5.69 Å². The second-order valence-electron chi connectivity index (χ2n) is 10.9. The van der Waals surface area contributed by atoms with Crippen molar-refractivity contribution < 1.29 is 41.8 Å². The number of aromatic nitrogens is 2. The summed E-state index contributed by atoms with van der Waals surface area (Å²) in [4.78, 5) is 35.6. The Kier molecular flexibility index (Phi) is 8.28. The number of hydrogen-bond donors (Lipinski definition) is 2. The van der Waals surface area contributed by atoms with E-state index in [1.165, 1.54) is 4.90 Å². The normalized spacial score (nSPS) is 20.2. The number of hydrogen-bond acceptors (Lipinski definition) is 6. The standard InChI is InChI=1S/C24H34F5N5O4/c1-5-17-30-16-12-33(10-7-15(16)19(31-17)24(27,28)29)23(38,9-11-34(20(36)37)21(2,3)4)14-32-13-22(25,26)8-6-18(32)35/h38H,5-14H2,1-4H3,(H,36,37). The lowest BCUT2D eigenvalue weighted by Crippen LogP contribution is -2.62. The molecule has 1 fully saturated rings. The first-order valence-electron chi connectivity index (χ1n) is 12.5. The Labute approximate surface area is 217 Å². The van der Waals surface area contributed by atoms with Crippen LogP contribution in [0.25, 0.3) is 0 Å². The zero-order valence-electron chi connectivity index (χ0n) is 21.9. The minimum Gasteiger partial charge on any atom is -0.465 e. The minimum absolute atomic E-state index is 0.0305. The van der Waals surface area contributed by atoms with Crippen LogP contribution < -0.4 is 0 Å². The Balaban J connectivity index is 1.98. The second kappa shape index (κ2) is 10.5. The molecule has 0 aromatic carbocycles. The van der Waals surface area contributed by atoms with E-state index in [0.717, 1.165) is 9.80 Å². The van der Waals surface area contributed by atoms with Crippen LogP contribution in [-0.2, 0) is 30.4 Å². The van der Waals surface area contributed by atoms with E-state index >= 15 is 0 Å². The van der Waals surface area contributed by atoms with Gasteiger partial charge in [0.1, 0.15) is 11.5 Å². The Morgan fingerprint density at radius 2 is 1.82 bits per heavy atom. The number of carboxylic acid groups (broad SMARTS) is 1. The summed E-state index contributed by atoms with van der Waals surface area (Å²) in [5.41, 5.74) is -3.97. The molecule has 3 rings (SSSR count). The molecule has 1 atom stereocenters. The molecule has 214 valence electrons. The number of rotatable bonds is 7. The quantitative estimate of drug-likeness (QED) is 0.499. The summed E-state index contributed by atoms with van der Waals surface area (Å²) in [6.07, 6.45) is -7.34. The van der Waals surface area contributed by atoms with E-state index in [4.69, 9.17) is 0 Å². The van der Waals surface area contributed by atoms with Gasteiger partial charge in [-0.2, -0.15) is 13.2 Å². The molecular weight excluding hydrogens is 517 g/mol. The van der Waals surface area contributed by atoms with Gasteiger partial charge < -0.3 is 20.0 Å². The fourth-order valence-electron chi connectivity index (χ4n) is 4.92. The van der Waals surface area contributed by atoms with Gasteiger partial charge in [-0.1, -0.05) is 6.92 Å². The van der Waals surface area contributed by atoms with Crippen LogP contribution in [-0.4, -0.2) is 90.2 Å². The fraction of sp³-hybridized carbons (Fsp3) is 0.750. The summed E-state index contributed by atoms with van der Waals surface area (Å²) >= 11 is 0. The topological polar surface area (TPSA) is 110 Å². The van der Waals surface area contributed by atoms with Crippen molar-refractivity contribution in [2.75, 3.05) is 26.2 Å². The van der Waals surface area contributed by atoms with Crippen LogP contribution in [0.3, 0.4) is 0 Å². The number of fused-ring (bicyclic) bond motifs is 1. The van der Waals surface area contributed by atoms with Crippen LogP contribution in [0.2, 0.25) is 0 Å². The first kappa shape index (κ1) is 29.9. The van der Waals surface area contributed by atoms with Gasteiger partial charge in [-0.15, -0.1) is 0 Å². The molecule has 1 unspecified atom stereocenters. The van der Waals surface area contributed by atoms with Gasteiger partial charge in [-0.25, -0.2) is 23.5 Å². The molecular formula is C24H34F5N5O4. The number of likely N-dealkylation sites (tertiary alicyclic amines) is 1. The minimum atomic E-state index is -4.71. The summed E-state index contributed by atoms with van der Waals surface area (Å²) in [7, 11) is 0. The van der Waals surface area contributed by atoms with Crippen LogP contribution in [0, 0.1) is 0 Å². The second-order valence-corrected chi connectivity index (χ2v) is 10.9. The predicted molar refractivity (Wildman–Crippen MR) is 125 cm³/mol. The van der Waals surface area contributed by atoms with E-state index in [2.05, 4.69) is 9.97 Å². The first-order valence-corrected chi connectivity index (χ1v) is 12.5. The van der Waals surface area contributed by atoms with Gasteiger partial charge in [-0.3, -0.25) is 9.69 Å². The number of halogens is 5. The molecule has 0 bridgehead atoms. The molecule has 1 aromatic heterocycles. The summed E-state index contributed by atoms with van der Waals surface area (Å²) in [5, 5.41) is 21.5. The molecule has 1 saturated heterocycles. The molecule has 14 heteroatoms. The highest BCUT2D eigenvalue weighted by atomic mass is 19.4. The Morgan fingerprint density at radius 1 is 1.16 bits per heavy atom. The van der Waals surface area contributed by atoms with Gasteiger partial charge in [0, 0.05) is 56.4 Å². The van der Waals surface area contributed by atoms with Crippen molar-refractivity contribution in [3.05, 3.63) is 22.8 Å². The van der Waals surface area contributed by atoms with Crippen LogP contribution in [0.4, 0.5) is 26.7 Å². The third-order valence-electron chi connectivity index (χ3n) is 6.98. The number of β-amino-alcohol motifs (C(OH)–C–C–N with tert-alkyl or cyclic N) is 1.